The average molecular weight is 430 g/mol. The lowest BCUT2D eigenvalue weighted by molar-refractivity contribution is -0.119. The molecule has 0 aliphatic heterocycles. The number of carbonyl (C=O) groups excluding carboxylic acids is 1. The van der Waals surface area contributed by atoms with Crippen LogP contribution in [0.2, 0.25) is 0 Å². The molecule has 0 saturated carbocycles. The highest BCUT2D eigenvalue weighted by atomic mass is 32.2. The van der Waals surface area contributed by atoms with Crippen molar-refractivity contribution in [2.75, 3.05) is 5.75 Å². The van der Waals surface area contributed by atoms with Crippen LogP contribution in [0.15, 0.2) is 84.0 Å². The van der Waals surface area contributed by atoms with E-state index in [2.05, 4.69) is 57.2 Å². The molecule has 3 aromatic carbocycles. The van der Waals surface area contributed by atoms with E-state index < -0.39 is 0 Å². The van der Waals surface area contributed by atoms with Gasteiger partial charge in [0.2, 0.25) is 11.1 Å². The Bertz CT molecular complexity index is 1140. The maximum Gasteiger partial charge on any atom is 0.230 e. The van der Waals surface area contributed by atoms with Crippen molar-refractivity contribution in [3.63, 3.8) is 0 Å². The summed E-state index contributed by atoms with van der Waals surface area (Å²) in [6.45, 7) is 4.01. The van der Waals surface area contributed by atoms with Crippen molar-refractivity contribution in [2.24, 2.45) is 0 Å². The number of benzene rings is 3. The lowest BCUT2D eigenvalue weighted by Gasteiger charge is -2.15. The summed E-state index contributed by atoms with van der Waals surface area (Å²) in [5.41, 5.74) is 5.42. The number of thioether (sulfide) groups is 1. The summed E-state index contributed by atoms with van der Waals surface area (Å²) in [4.78, 5) is 12.5. The van der Waals surface area contributed by atoms with Crippen molar-refractivity contribution in [3.8, 4) is 16.8 Å². The van der Waals surface area contributed by atoms with Gasteiger partial charge in [-0.1, -0.05) is 84.1 Å². The number of amides is 1. The standard InChI is InChI=1S/C24H23N5OS/c1-17-8-14-22(15-9-17)29-24(26-27-28-29)31-16-23(30)25-18(2)19-10-12-21(13-11-19)20-6-4-3-5-7-20/h3-15,18H,16H2,1-2H3,(H,25,30)/t18-/m0/s1. The first-order chi connectivity index (χ1) is 15.1. The maximum atomic E-state index is 12.5. The first-order valence-corrected chi connectivity index (χ1v) is 11.0. The van der Waals surface area contributed by atoms with Gasteiger partial charge in [-0.2, -0.15) is 4.68 Å². The molecule has 0 aliphatic rings. The summed E-state index contributed by atoms with van der Waals surface area (Å²) in [5.74, 6) is 0.168. The summed E-state index contributed by atoms with van der Waals surface area (Å²) in [5, 5.41) is 15.5. The first kappa shape index (κ1) is 20.8. The minimum atomic E-state index is -0.0917. The molecule has 0 radical (unpaired) electrons. The fraction of sp³-hybridized carbons (Fsp3) is 0.167. The van der Waals surface area contributed by atoms with Crippen LogP contribution in [-0.4, -0.2) is 31.9 Å². The molecule has 0 bridgehead atoms. The molecule has 0 unspecified atom stereocenters. The summed E-state index contributed by atoms with van der Waals surface area (Å²) < 4.78 is 1.64. The summed E-state index contributed by atoms with van der Waals surface area (Å²) >= 11 is 1.31. The smallest absolute Gasteiger partial charge is 0.230 e. The van der Waals surface area contributed by atoms with Crippen LogP contribution >= 0.6 is 11.8 Å². The molecule has 0 fully saturated rings. The fourth-order valence-corrected chi connectivity index (χ4v) is 3.91. The molecule has 1 atom stereocenters. The number of hydrogen-bond acceptors (Lipinski definition) is 5. The van der Waals surface area contributed by atoms with Gasteiger partial charge in [0, 0.05) is 0 Å². The zero-order valence-electron chi connectivity index (χ0n) is 17.4. The van der Waals surface area contributed by atoms with E-state index in [0.29, 0.717) is 5.16 Å². The van der Waals surface area contributed by atoms with Gasteiger partial charge in [0.25, 0.3) is 0 Å². The van der Waals surface area contributed by atoms with E-state index in [1.165, 1.54) is 17.3 Å². The Morgan fingerprint density at radius 3 is 2.35 bits per heavy atom. The van der Waals surface area contributed by atoms with Gasteiger partial charge >= 0.3 is 0 Å². The molecule has 0 saturated heterocycles. The molecule has 1 N–H and O–H groups in total. The largest absolute Gasteiger partial charge is 0.349 e. The van der Waals surface area contributed by atoms with Crippen molar-refractivity contribution in [2.45, 2.75) is 25.0 Å². The van der Waals surface area contributed by atoms with Crippen LogP contribution in [0.4, 0.5) is 0 Å². The highest BCUT2D eigenvalue weighted by Crippen LogP contribution is 2.22. The second-order valence-corrected chi connectivity index (χ2v) is 8.22. The van der Waals surface area contributed by atoms with Gasteiger partial charge in [-0.15, -0.1) is 5.10 Å². The Hall–Kier alpha value is -3.45. The SMILES string of the molecule is Cc1ccc(-n2nnnc2SCC(=O)N[C@@H](C)c2ccc(-c3ccccc3)cc2)cc1. The molecule has 31 heavy (non-hydrogen) atoms. The highest BCUT2D eigenvalue weighted by Gasteiger charge is 2.14. The highest BCUT2D eigenvalue weighted by molar-refractivity contribution is 7.99. The van der Waals surface area contributed by atoms with E-state index >= 15 is 0 Å². The topological polar surface area (TPSA) is 72.7 Å². The van der Waals surface area contributed by atoms with Crippen LogP contribution in [0.5, 0.6) is 0 Å². The summed E-state index contributed by atoms with van der Waals surface area (Å²) in [6, 6.07) is 26.3. The molecule has 6 nitrogen and oxygen atoms in total. The van der Waals surface area contributed by atoms with Crippen molar-refractivity contribution in [1.29, 1.82) is 0 Å². The van der Waals surface area contributed by atoms with Crippen molar-refractivity contribution < 1.29 is 4.79 Å². The zero-order valence-corrected chi connectivity index (χ0v) is 18.2. The molecule has 0 aliphatic carbocycles. The molecule has 1 aromatic heterocycles. The molecule has 7 heteroatoms. The molecule has 1 heterocycles. The fourth-order valence-electron chi connectivity index (χ4n) is 3.21. The van der Waals surface area contributed by atoms with Gasteiger partial charge in [0.05, 0.1) is 17.5 Å². The minimum Gasteiger partial charge on any atom is -0.349 e. The number of aryl methyl sites for hydroxylation is 1. The van der Waals surface area contributed by atoms with Gasteiger partial charge in [-0.05, 0) is 53.1 Å². The third-order valence-electron chi connectivity index (χ3n) is 4.95. The minimum absolute atomic E-state index is 0.0666. The zero-order chi connectivity index (χ0) is 21.6. The molecule has 4 aromatic rings. The molecule has 0 spiro atoms. The lowest BCUT2D eigenvalue weighted by Crippen LogP contribution is -2.28. The Morgan fingerprint density at radius 2 is 1.65 bits per heavy atom. The van der Waals surface area contributed by atoms with Crippen LogP contribution in [0.25, 0.3) is 16.8 Å². The number of tetrazole rings is 1. The number of aromatic nitrogens is 4. The summed E-state index contributed by atoms with van der Waals surface area (Å²) in [6.07, 6.45) is 0. The van der Waals surface area contributed by atoms with Gasteiger partial charge < -0.3 is 5.32 Å². The number of hydrogen-bond donors (Lipinski definition) is 1. The van der Waals surface area contributed by atoms with Crippen LogP contribution in [0, 0.1) is 6.92 Å². The van der Waals surface area contributed by atoms with Gasteiger partial charge in [-0.25, -0.2) is 0 Å². The Kier molecular flexibility index (Phi) is 6.43. The normalized spacial score (nSPS) is 11.8. The number of nitrogens with zero attached hydrogens (tertiary/aromatic N) is 4. The second-order valence-electron chi connectivity index (χ2n) is 7.27. The van der Waals surface area contributed by atoms with Crippen molar-refractivity contribution in [3.05, 3.63) is 90.0 Å². The Balaban J connectivity index is 1.34. The second kappa shape index (κ2) is 9.57. The molecule has 4 rings (SSSR count). The number of rotatable bonds is 7. The van der Waals surface area contributed by atoms with Crippen LogP contribution in [0.3, 0.4) is 0 Å². The quantitative estimate of drug-likeness (QED) is 0.435. The summed E-state index contributed by atoms with van der Waals surface area (Å²) in [7, 11) is 0. The third kappa shape index (κ3) is 5.19. The van der Waals surface area contributed by atoms with Crippen molar-refractivity contribution >= 4 is 17.7 Å². The Morgan fingerprint density at radius 1 is 0.968 bits per heavy atom. The van der Waals surface area contributed by atoms with E-state index in [4.69, 9.17) is 0 Å². The first-order valence-electron chi connectivity index (χ1n) is 10.0. The molecule has 1 amide bonds. The Labute approximate surface area is 185 Å². The van der Waals surface area contributed by atoms with E-state index in [-0.39, 0.29) is 17.7 Å². The maximum absolute atomic E-state index is 12.5. The number of nitrogens with one attached hydrogen (secondary N) is 1. The average Bonchev–Trinajstić information content (AvgIpc) is 3.27. The van der Waals surface area contributed by atoms with Crippen molar-refractivity contribution in [1.82, 2.24) is 25.5 Å². The van der Waals surface area contributed by atoms with E-state index in [1.54, 1.807) is 4.68 Å². The van der Waals surface area contributed by atoms with Crippen LogP contribution in [-0.2, 0) is 4.79 Å². The third-order valence-corrected chi connectivity index (χ3v) is 5.87. The van der Waals surface area contributed by atoms with E-state index in [0.717, 1.165) is 22.4 Å². The number of carbonyl (C=O) groups is 1. The van der Waals surface area contributed by atoms with Gasteiger partial charge in [0.1, 0.15) is 0 Å². The van der Waals surface area contributed by atoms with Crippen LogP contribution in [0.1, 0.15) is 24.1 Å². The van der Waals surface area contributed by atoms with E-state index in [9.17, 15) is 4.79 Å². The monoisotopic (exact) mass is 429 g/mol. The van der Waals surface area contributed by atoms with Crippen LogP contribution < -0.4 is 5.32 Å². The lowest BCUT2D eigenvalue weighted by atomic mass is 10.0. The molecular weight excluding hydrogens is 406 g/mol. The predicted octanol–water partition coefficient (Wildman–Crippen LogP) is 4.61. The van der Waals surface area contributed by atoms with E-state index in [1.807, 2.05) is 56.3 Å². The van der Waals surface area contributed by atoms with Gasteiger partial charge in [0.15, 0.2) is 0 Å². The van der Waals surface area contributed by atoms with Gasteiger partial charge in [-0.3, -0.25) is 4.79 Å². The molecule has 156 valence electrons. The predicted molar refractivity (Wildman–Crippen MR) is 123 cm³/mol. The molecular formula is C24H23N5OS.